The summed E-state index contributed by atoms with van der Waals surface area (Å²) >= 11 is 0. The first-order chi connectivity index (χ1) is 13.6. The van der Waals surface area contributed by atoms with Crippen molar-refractivity contribution in [3.05, 3.63) is 36.0 Å². The van der Waals surface area contributed by atoms with Gasteiger partial charge in [0.1, 0.15) is 17.3 Å². The molecule has 0 spiro atoms. The third-order valence-electron chi connectivity index (χ3n) is 5.55. The molecule has 148 valence electrons. The van der Waals surface area contributed by atoms with Gasteiger partial charge in [0.05, 0.1) is 0 Å². The predicted molar refractivity (Wildman–Crippen MR) is 108 cm³/mol. The van der Waals surface area contributed by atoms with Crippen LogP contribution >= 0.6 is 0 Å². The Kier molecular flexibility index (Phi) is 5.36. The van der Waals surface area contributed by atoms with Crippen molar-refractivity contribution in [1.29, 1.82) is 0 Å². The van der Waals surface area contributed by atoms with E-state index in [1.807, 2.05) is 24.0 Å². The van der Waals surface area contributed by atoms with Crippen LogP contribution in [0.4, 0.5) is 11.8 Å². The van der Waals surface area contributed by atoms with E-state index in [0.29, 0.717) is 17.4 Å². The Morgan fingerprint density at radius 2 is 1.61 bits per heavy atom. The van der Waals surface area contributed by atoms with Crippen LogP contribution in [0.1, 0.15) is 36.1 Å². The van der Waals surface area contributed by atoms with Crippen molar-refractivity contribution >= 4 is 17.7 Å². The molecule has 2 aliphatic heterocycles. The number of rotatable bonds is 3. The zero-order chi connectivity index (χ0) is 19.5. The third-order valence-corrected chi connectivity index (χ3v) is 5.55. The number of anilines is 2. The van der Waals surface area contributed by atoms with E-state index in [2.05, 4.69) is 36.7 Å². The second-order valence-electron chi connectivity index (χ2n) is 7.66. The smallest absolute Gasteiger partial charge is 0.272 e. The van der Waals surface area contributed by atoms with Crippen molar-refractivity contribution in [3.63, 3.8) is 0 Å². The summed E-state index contributed by atoms with van der Waals surface area (Å²) in [5.74, 6) is 2.94. The van der Waals surface area contributed by atoms with Gasteiger partial charge in [-0.25, -0.2) is 19.9 Å². The molecule has 0 saturated carbocycles. The maximum Gasteiger partial charge on any atom is 0.272 e. The summed E-state index contributed by atoms with van der Waals surface area (Å²) in [6, 6.07) is 3.67. The van der Waals surface area contributed by atoms with Gasteiger partial charge in [0.25, 0.3) is 5.91 Å². The Labute approximate surface area is 165 Å². The minimum absolute atomic E-state index is 0.0231. The van der Waals surface area contributed by atoms with Crippen LogP contribution in [0.3, 0.4) is 0 Å². The lowest BCUT2D eigenvalue weighted by Crippen LogP contribution is -2.47. The maximum absolute atomic E-state index is 12.9. The Bertz CT molecular complexity index is 813. The maximum atomic E-state index is 12.9. The molecule has 0 radical (unpaired) electrons. The largest absolute Gasteiger partial charge is 0.353 e. The summed E-state index contributed by atoms with van der Waals surface area (Å²) < 4.78 is 0. The van der Waals surface area contributed by atoms with Crippen LogP contribution in [-0.2, 0) is 0 Å². The van der Waals surface area contributed by atoms with Crippen molar-refractivity contribution in [2.24, 2.45) is 5.92 Å². The monoisotopic (exact) mass is 381 g/mol. The topological polar surface area (TPSA) is 78.4 Å². The van der Waals surface area contributed by atoms with Gasteiger partial charge in [0, 0.05) is 57.7 Å². The van der Waals surface area contributed by atoms with Crippen molar-refractivity contribution < 1.29 is 4.79 Å². The Morgan fingerprint density at radius 3 is 2.29 bits per heavy atom. The van der Waals surface area contributed by atoms with Crippen LogP contribution in [0, 0.1) is 12.8 Å². The molecule has 28 heavy (non-hydrogen) atoms. The number of aryl methyl sites for hydroxylation is 1. The van der Waals surface area contributed by atoms with E-state index < -0.39 is 0 Å². The molecule has 2 aromatic rings. The van der Waals surface area contributed by atoms with E-state index in [0.717, 1.165) is 63.9 Å². The highest BCUT2D eigenvalue weighted by Gasteiger charge is 2.25. The molecule has 2 saturated heterocycles. The zero-order valence-electron chi connectivity index (χ0n) is 16.6. The van der Waals surface area contributed by atoms with Crippen LogP contribution in [0.5, 0.6) is 0 Å². The molecule has 1 amide bonds. The molecule has 4 rings (SSSR count). The molecule has 2 aromatic heterocycles. The van der Waals surface area contributed by atoms with Crippen molar-refractivity contribution in [1.82, 2.24) is 24.8 Å². The summed E-state index contributed by atoms with van der Waals surface area (Å²) in [6.45, 7) is 8.98. The van der Waals surface area contributed by atoms with Crippen molar-refractivity contribution in [2.75, 3.05) is 49.1 Å². The van der Waals surface area contributed by atoms with Gasteiger partial charge in [-0.3, -0.25) is 4.79 Å². The van der Waals surface area contributed by atoms with Crippen LogP contribution in [0.2, 0.25) is 0 Å². The Morgan fingerprint density at radius 1 is 0.964 bits per heavy atom. The highest BCUT2D eigenvalue weighted by Crippen LogP contribution is 2.21. The number of carbonyl (C=O) groups excluding carboxylic acids is 1. The number of hydrogen-bond acceptors (Lipinski definition) is 7. The van der Waals surface area contributed by atoms with Gasteiger partial charge in [0.2, 0.25) is 5.95 Å². The first-order valence-corrected chi connectivity index (χ1v) is 10.0. The lowest BCUT2D eigenvalue weighted by molar-refractivity contribution is 0.0691. The van der Waals surface area contributed by atoms with E-state index in [9.17, 15) is 4.79 Å². The standard InChI is InChI=1S/C20H27N7O/c1-15-4-8-26(9-5-15)19(28)17-14-18(24-16(2)23-17)25-10-12-27(13-11-25)20-21-6-3-7-22-20/h3,6-7,14-15H,4-5,8-13H2,1-2H3. The average molecular weight is 381 g/mol. The second-order valence-corrected chi connectivity index (χ2v) is 7.66. The van der Waals surface area contributed by atoms with Gasteiger partial charge in [-0.05, 0) is 31.7 Å². The summed E-state index contributed by atoms with van der Waals surface area (Å²) in [7, 11) is 0. The van der Waals surface area contributed by atoms with Crippen molar-refractivity contribution in [3.8, 4) is 0 Å². The van der Waals surface area contributed by atoms with Gasteiger partial charge < -0.3 is 14.7 Å². The lowest BCUT2D eigenvalue weighted by atomic mass is 9.99. The highest BCUT2D eigenvalue weighted by atomic mass is 16.2. The van der Waals surface area contributed by atoms with Gasteiger partial charge in [-0.15, -0.1) is 0 Å². The molecule has 8 nitrogen and oxygen atoms in total. The Balaban J connectivity index is 1.45. The van der Waals surface area contributed by atoms with Crippen molar-refractivity contribution in [2.45, 2.75) is 26.7 Å². The molecule has 0 N–H and O–H groups in total. The van der Waals surface area contributed by atoms with Crippen LogP contribution in [0.15, 0.2) is 24.5 Å². The molecule has 2 aliphatic rings. The molecule has 0 aliphatic carbocycles. The molecule has 2 fully saturated rings. The number of likely N-dealkylation sites (tertiary alicyclic amines) is 1. The number of piperidine rings is 1. The van der Waals surface area contributed by atoms with Crippen LogP contribution in [-0.4, -0.2) is 70.0 Å². The molecule has 0 atom stereocenters. The molecular formula is C20H27N7O. The summed E-state index contributed by atoms with van der Waals surface area (Å²) in [5.41, 5.74) is 0.505. The van der Waals surface area contributed by atoms with E-state index in [-0.39, 0.29) is 5.91 Å². The molecule has 4 heterocycles. The van der Waals surface area contributed by atoms with E-state index >= 15 is 0 Å². The first-order valence-electron chi connectivity index (χ1n) is 10.0. The van der Waals surface area contributed by atoms with Gasteiger partial charge in [0.15, 0.2) is 0 Å². The SMILES string of the molecule is Cc1nc(C(=O)N2CCC(C)CC2)cc(N2CCN(c3ncccn3)CC2)n1. The zero-order valence-corrected chi connectivity index (χ0v) is 16.6. The van der Waals surface area contributed by atoms with E-state index in [4.69, 9.17) is 0 Å². The van der Waals surface area contributed by atoms with E-state index in [1.165, 1.54) is 0 Å². The quantitative estimate of drug-likeness (QED) is 0.802. The van der Waals surface area contributed by atoms with Crippen LogP contribution in [0.25, 0.3) is 0 Å². The summed E-state index contributed by atoms with van der Waals surface area (Å²) in [4.78, 5) is 36.9. The number of nitrogens with zero attached hydrogens (tertiary/aromatic N) is 7. The number of aromatic nitrogens is 4. The number of amides is 1. The van der Waals surface area contributed by atoms with Gasteiger partial charge in [-0.2, -0.15) is 0 Å². The minimum atomic E-state index is 0.0231. The predicted octanol–water partition coefficient (Wildman–Crippen LogP) is 1.77. The molecule has 0 aromatic carbocycles. The fourth-order valence-corrected chi connectivity index (χ4v) is 3.79. The van der Waals surface area contributed by atoms with Crippen LogP contribution < -0.4 is 9.80 Å². The first kappa shape index (κ1) is 18.6. The summed E-state index contributed by atoms with van der Waals surface area (Å²) in [6.07, 6.45) is 5.65. The summed E-state index contributed by atoms with van der Waals surface area (Å²) in [5, 5.41) is 0. The molecule has 0 bridgehead atoms. The normalized spacial score (nSPS) is 18.4. The third kappa shape index (κ3) is 4.05. The fourth-order valence-electron chi connectivity index (χ4n) is 3.79. The highest BCUT2D eigenvalue weighted by molar-refractivity contribution is 5.93. The minimum Gasteiger partial charge on any atom is -0.353 e. The Hall–Kier alpha value is -2.77. The number of piperazine rings is 1. The molecule has 0 unspecified atom stereocenters. The van der Waals surface area contributed by atoms with E-state index in [1.54, 1.807) is 12.4 Å². The number of carbonyl (C=O) groups is 1. The lowest BCUT2D eigenvalue weighted by Gasteiger charge is -2.35. The fraction of sp³-hybridized carbons (Fsp3) is 0.550. The number of hydrogen-bond donors (Lipinski definition) is 0. The van der Waals surface area contributed by atoms with Gasteiger partial charge in [-0.1, -0.05) is 6.92 Å². The average Bonchev–Trinajstić information content (AvgIpc) is 2.74. The molecule has 8 heteroatoms. The molecular weight excluding hydrogens is 354 g/mol. The van der Waals surface area contributed by atoms with Gasteiger partial charge >= 0.3 is 0 Å². The second kappa shape index (κ2) is 8.08.